The highest BCUT2D eigenvalue weighted by atomic mass is 32.2. The fourth-order valence-electron chi connectivity index (χ4n) is 2.12. The van der Waals surface area contributed by atoms with E-state index in [4.69, 9.17) is 5.14 Å². The fourth-order valence-corrected chi connectivity index (χ4v) is 2.64. The van der Waals surface area contributed by atoms with Gasteiger partial charge in [0.25, 0.3) is 0 Å². The first-order chi connectivity index (χ1) is 13.3. The summed E-state index contributed by atoms with van der Waals surface area (Å²) in [5.74, 6) is 0.348. The molecule has 0 spiro atoms. The van der Waals surface area contributed by atoms with Crippen LogP contribution in [0.1, 0.15) is 11.3 Å². The summed E-state index contributed by atoms with van der Waals surface area (Å²) in [6.07, 6.45) is 1.70. The van der Waals surface area contributed by atoms with Crippen LogP contribution in [0, 0.1) is 0 Å². The number of nitrogens with one attached hydrogen (secondary N) is 2. The normalized spacial score (nSPS) is 11.8. The second-order valence-electron chi connectivity index (χ2n) is 6.17. The maximum absolute atomic E-state index is 11.8. The summed E-state index contributed by atoms with van der Waals surface area (Å²) >= 11 is 0. The number of primary sulfonamides is 1. The number of nitrogens with two attached hydrogens (primary N) is 1. The lowest BCUT2D eigenvalue weighted by atomic mass is 10.2. The number of hydrogen-bond donors (Lipinski definition) is 3. The molecule has 2 aromatic rings. The SMILES string of the molecule is CN(C)C(=O)CNC(=NCc1ccc(S(N)(=O)=O)cc1)NCc1ccccn1. The molecule has 1 aromatic carbocycles. The number of likely N-dealkylation sites (N-methyl/N-ethyl adjacent to an activating group) is 1. The third kappa shape index (κ3) is 6.97. The van der Waals surface area contributed by atoms with Crippen molar-refractivity contribution in [3.63, 3.8) is 0 Å². The number of benzene rings is 1. The summed E-state index contributed by atoms with van der Waals surface area (Å²) in [6, 6.07) is 11.7. The average Bonchev–Trinajstić information content (AvgIpc) is 2.67. The van der Waals surface area contributed by atoms with E-state index < -0.39 is 10.0 Å². The molecule has 1 amide bonds. The van der Waals surface area contributed by atoms with Crippen molar-refractivity contribution in [3.8, 4) is 0 Å². The molecular formula is C18H24N6O3S. The summed E-state index contributed by atoms with van der Waals surface area (Å²) in [4.78, 5) is 22.0. The molecule has 150 valence electrons. The Balaban J connectivity index is 2.06. The Morgan fingerprint density at radius 2 is 1.86 bits per heavy atom. The number of pyridine rings is 1. The molecule has 0 saturated heterocycles. The van der Waals surface area contributed by atoms with Crippen LogP contribution in [0.3, 0.4) is 0 Å². The summed E-state index contributed by atoms with van der Waals surface area (Å²) < 4.78 is 22.6. The predicted molar refractivity (Wildman–Crippen MR) is 107 cm³/mol. The lowest BCUT2D eigenvalue weighted by molar-refractivity contribution is -0.127. The van der Waals surface area contributed by atoms with Crippen molar-refractivity contribution >= 4 is 21.9 Å². The number of amides is 1. The van der Waals surface area contributed by atoms with Crippen LogP contribution in [-0.4, -0.2) is 50.8 Å². The minimum Gasteiger partial charge on any atom is -0.351 e. The van der Waals surface area contributed by atoms with Gasteiger partial charge in [-0.1, -0.05) is 18.2 Å². The smallest absolute Gasteiger partial charge is 0.241 e. The van der Waals surface area contributed by atoms with E-state index in [9.17, 15) is 13.2 Å². The number of aliphatic imine (C=N–C) groups is 1. The van der Waals surface area contributed by atoms with Crippen LogP contribution in [0.2, 0.25) is 0 Å². The van der Waals surface area contributed by atoms with Gasteiger partial charge in [-0.25, -0.2) is 18.5 Å². The number of sulfonamides is 1. The predicted octanol–water partition coefficient (Wildman–Crippen LogP) is 0.0526. The van der Waals surface area contributed by atoms with Crippen molar-refractivity contribution in [1.82, 2.24) is 20.5 Å². The van der Waals surface area contributed by atoms with E-state index in [0.29, 0.717) is 19.0 Å². The first kappa shape index (κ1) is 21.3. The number of aromatic nitrogens is 1. The highest BCUT2D eigenvalue weighted by Crippen LogP contribution is 2.09. The van der Waals surface area contributed by atoms with E-state index in [0.717, 1.165) is 11.3 Å². The number of guanidine groups is 1. The van der Waals surface area contributed by atoms with Crippen molar-refractivity contribution in [1.29, 1.82) is 0 Å². The Morgan fingerprint density at radius 1 is 1.14 bits per heavy atom. The van der Waals surface area contributed by atoms with E-state index in [-0.39, 0.29) is 17.3 Å². The van der Waals surface area contributed by atoms with Gasteiger partial charge in [-0.15, -0.1) is 0 Å². The van der Waals surface area contributed by atoms with Gasteiger partial charge in [0, 0.05) is 20.3 Å². The molecule has 0 fully saturated rings. The van der Waals surface area contributed by atoms with E-state index in [2.05, 4.69) is 20.6 Å². The molecule has 28 heavy (non-hydrogen) atoms. The Hall–Kier alpha value is -2.98. The van der Waals surface area contributed by atoms with E-state index >= 15 is 0 Å². The van der Waals surface area contributed by atoms with Crippen molar-refractivity contribution in [2.45, 2.75) is 18.0 Å². The first-order valence-electron chi connectivity index (χ1n) is 8.49. The van der Waals surface area contributed by atoms with Crippen LogP contribution in [0.25, 0.3) is 0 Å². The second-order valence-corrected chi connectivity index (χ2v) is 7.73. The van der Waals surface area contributed by atoms with Crippen LogP contribution in [0.15, 0.2) is 58.5 Å². The zero-order chi connectivity index (χ0) is 20.6. The van der Waals surface area contributed by atoms with E-state index in [1.807, 2.05) is 18.2 Å². The van der Waals surface area contributed by atoms with Gasteiger partial charge in [0.1, 0.15) is 0 Å². The minimum absolute atomic E-state index is 0.0448. The summed E-state index contributed by atoms with van der Waals surface area (Å²) in [6.45, 7) is 0.817. The monoisotopic (exact) mass is 404 g/mol. The number of carbonyl (C=O) groups is 1. The van der Waals surface area contributed by atoms with Gasteiger partial charge >= 0.3 is 0 Å². The summed E-state index contributed by atoms with van der Waals surface area (Å²) in [5, 5.41) is 11.2. The van der Waals surface area contributed by atoms with Gasteiger partial charge in [-0.2, -0.15) is 0 Å². The number of nitrogens with zero attached hydrogens (tertiary/aromatic N) is 3. The Labute approximate surface area is 164 Å². The molecule has 0 atom stereocenters. The van der Waals surface area contributed by atoms with Gasteiger partial charge in [0.2, 0.25) is 15.9 Å². The zero-order valence-electron chi connectivity index (χ0n) is 15.8. The van der Waals surface area contributed by atoms with Gasteiger partial charge in [-0.05, 0) is 29.8 Å². The van der Waals surface area contributed by atoms with Crippen LogP contribution in [0.4, 0.5) is 0 Å². The Morgan fingerprint density at radius 3 is 2.43 bits per heavy atom. The van der Waals surface area contributed by atoms with Gasteiger partial charge in [-0.3, -0.25) is 9.78 Å². The number of hydrogen-bond acceptors (Lipinski definition) is 5. The molecule has 1 heterocycles. The third-order valence-electron chi connectivity index (χ3n) is 3.74. The lowest BCUT2D eigenvalue weighted by Crippen LogP contribution is -2.42. The first-order valence-corrected chi connectivity index (χ1v) is 10.0. The van der Waals surface area contributed by atoms with Crippen LogP contribution in [-0.2, 0) is 27.9 Å². The topological polar surface area (TPSA) is 130 Å². The maximum atomic E-state index is 11.8. The summed E-state index contributed by atoms with van der Waals surface area (Å²) in [5.41, 5.74) is 1.62. The van der Waals surface area contributed by atoms with E-state index in [1.54, 1.807) is 32.4 Å². The van der Waals surface area contributed by atoms with E-state index in [1.165, 1.54) is 17.0 Å². The molecule has 0 saturated carbocycles. The molecule has 1 aromatic heterocycles. The molecule has 10 heteroatoms. The summed E-state index contributed by atoms with van der Waals surface area (Å²) in [7, 11) is -0.374. The van der Waals surface area contributed by atoms with Gasteiger partial charge in [0.15, 0.2) is 5.96 Å². The molecule has 0 aliphatic rings. The number of carbonyl (C=O) groups excluding carboxylic acids is 1. The molecule has 4 N–H and O–H groups in total. The van der Waals surface area contributed by atoms with Crippen molar-refractivity contribution < 1.29 is 13.2 Å². The lowest BCUT2D eigenvalue weighted by Gasteiger charge is -2.15. The van der Waals surface area contributed by atoms with Gasteiger partial charge < -0.3 is 15.5 Å². The van der Waals surface area contributed by atoms with Crippen molar-refractivity contribution in [2.75, 3.05) is 20.6 Å². The van der Waals surface area contributed by atoms with Crippen molar-refractivity contribution in [2.24, 2.45) is 10.1 Å². The molecule has 9 nitrogen and oxygen atoms in total. The minimum atomic E-state index is -3.73. The molecule has 0 aliphatic heterocycles. The Kier molecular flexibility index (Phi) is 7.47. The highest BCUT2D eigenvalue weighted by molar-refractivity contribution is 7.89. The molecular weight excluding hydrogens is 380 g/mol. The maximum Gasteiger partial charge on any atom is 0.241 e. The largest absolute Gasteiger partial charge is 0.351 e. The van der Waals surface area contributed by atoms with Crippen LogP contribution < -0.4 is 15.8 Å². The second kappa shape index (κ2) is 9.81. The highest BCUT2D eigenvalue weighted by Gasteiger charge is 2.08. The molecule has 0 aliphatic carbocycles. The molecule has 2 rings (SSSR count). The zero-order valence-corrected chi connectivity index (χ0v) is 16.6. The average molecular weight is 404 g/mol. The molecule has 0 bridgehead atoms. The van der Waals surface area contributed by atoms with Crippen LogP contribution in [0.5, 0.6) is 0 Å². The Bertz CT molecular complexity index is 912. The van der Waals surface area contributed by atoms with Crippen molar-refractivity contribution in [3.05, 3.63) is 59.9 Å². The fraction of sp³-hybridized carbons (Fsp3) is 0.278. The third-order valence-corrected chi connectivity index (χ3v) is 4.67. The standard InChI is InChI=1S/C18H24N6O3S/c1-24(2)17(25)13-23-18(22-12-15-5-3-4-10-20-15)21-11-14-6-8-16(9-7-14)28(19,26)27/h3-10H,11-13H2,1-2H3,(H2,19,26,27)(H2,21,22,23). The number of rotatable bonds is 7. The molecule has 0 unspecified atom stereocenters. The quantitative estimate of drug-likeness (QED) is 0.442. The van der Waals surface area contributed by atoms with Crippen LogP contribution >= 0.6 is 0 Å². The van der Waals surface area contributed by atoms with Gasteiger partial charge in [0.05, 0.1) is 30.2 Å². The molecule has 0 radical (unpaired) electrons.